The number of benzene rings is 1. The van der Waals surface area contributed by atoms with Gasteiger partial charge in [0.2, 0.25) is 5.91 Å². The van der Waals surface area contributed by atoms with Crippen molar-refractivity contribution in [1.29, 1.82) is 0 Å². The number of nitrogens with one attached hydrogen (secondary N) is 1. The fraction of sp³-hybridized carbons (Fsp3) is 0.333. The van der Waals surface area contributed by atoms with E-state index in [2.05, 4.69) is 17.9 Å². The largest absolute Gasteiger partial charge is 0.369 e. The molecule has 0 aliphatic heterocycles. The molecule has 0 radical (unpaired) electrons. The Morgan fingerprint density at radius 2 is 2.06 bits per heavy atom. The Morgan fingerprint density at radius 3 is 2.59 bits per heavy atom. The number of amides is 2. The number of carbonyl (C=O) groups is 2. The molecule has 3 N–H and O–H groups in total. The monoisotopic (exact) mass is 252 g/mol. The Hall–Kier alpha value is -1.49. The van der Waals surface area contributed by atoms with Gasteiger partial charge in [-0.1, -0.05) is 6.07 Å². The van der Waals surface area contributed by atoms with Crippen LogP contribution in [-0.4, -0.2) is 18.4 Å². The topological polar surface area (TPSA) is 72.2 Å². The van der Waals surface area contributed by atoms with Crippen LogP contribution in [0.15, 0.2) is 29.2 Å². The lowest BCUT2D eigenvalue weighted by Gasteiger charge is -2.20. The molecular formula is C12H16N2O2S. The van der Waals surface area contributed by atoms with Gasteiger partial charge in [-0.05, 0) is 32.0 Å². The molecule has 1 aromatic carbocycles. The van der Waals surface area contributed by atoms with Crippen molar-refractivity contribution in [3.63, 3.8) is 0 Å². The molecule has 0 aliphatic carbocycles. The van der Waals surface area contributed by atoms with Gasteiger partial charge in [-0.3, -0.25) is 9.59 Å². The molecule has 5 heteroatoms. The van der Waals surface area contributed by atoms with Gasteiger partial charge in [-0.15, -0.1) is 12.6 Å². The molecule has 2 amide bonds. The summed E-state index contributed by atoms with van der Waals surface area (Å²) in [5.41, 5.74) is 4.97. The Labute approximate surface area is 106 Å². The maximum atomic E-state index is 11.8. The second kappa shape index (κ2) is 5.23. The molecule has 0 bridgehead atoms. The number of carbonyl (C=O) groups excluding carboxylic acids is 2. The molecule has 0 heterocycles. The van der Waals surface area contributed by atoms with E-state index in [1.807, 2.05) is 0 Å². The molecule has 0 atom stereocenters. The molecule has 0 aliphatic rings. The van der Waals surface area contributed by atoms with Crippen LogP contribution < -0.4 is 11.1 Å². The van der Waals surface area contributed by atoms with Crippen LogP contribution in [0, 0.1) is 5.41 Å². The smallest absolute Gasteiger partial charge is 0.251 e. The van der Waals surface area contributed by atoms with Crippen LogP contribution in [0.4, 0.5) is 0 Å². The van der Waals surface area contributed by atoms with Gasteiger partial charge < -0.3 is 11.1 Å². The fourth-order valence-corrected chi connectivity index (χ4v) is 1.36. The highest BCUT2D eigenvalue weighted by Gasteiger charge is 2.25. The number of rotatable bonds is 4. The highest BCUT2D eigenvalue weighted by molar-refractivity contribution is 7.80. The average Bonchev–Trinajstić information content (AvgIpc) is 2.25. The van der Waals surface area contributed by atoms with Crippen LogP contribution in [-0.2, 0) is 4.79 Å². The Balaban J connectivity index is 2.65. The Morgan fingerprint density at radius 1 is 1.41 bits per heavy atom. The fourth-order valence-electron chi connectivity index (χ4n) is 1.14. The van der Waals surface area contributed by atoms with E-state index in [9.17, 15) is 9.59 Å². The van der Waals surface area contributed by atoms with E-state index >= 15 is 0 Å². The maximum absolute atomic E-state index is 11.8. The standard InChI is InChI=1S/C12H16N2O2S/c1-12(2,11(13)16)7-14-10(15)8-4-3-5-9(17)6-8/h3-6,17H,7H2,1-2H3,(H2,13,16)(H,14,15). The van der Waals surface area contributed by atoms with Crippen molar-refractivity contribution in [1.82, 2.24) is 5.32 Å². The summed E-state index contributed by atoms with van der Waals surface area (Å²) in [5.74, 6) is -0.684. The molecule has 0 spiro atoms. The van der Waals surface area contributed by atoms with Crippen molar-refractivity contribution in [3.05, 3.63) is 29.8 Å². The summed E-state index contributed by atoms with van der Waals surface area (Å²) in [5, 5.41) is 2.67. The van der Waals surface area contributed by atoms with Gasteiger partial charge in [-0.2, -0.15) is 0 Å². The van der Waals surface area contributed by atoms with Crippen molar-refractivity contribution in [3.8, 4) is 0 Å². The van der Waals surface area contributed by atoms with Gasteiger partial charge in [-0.25, -0.2) is 0 Å². The first kappa shape index (κ1) is 13.6. The normalized spacial score (nSPS) is 11.0. The van der Waals surface area contributed by atoms with Crippen LogP contribution in [0.3, 0.4) is 0 Å². The zero-order valence-corrected chi connectivity index (χ0v) is 10.8. The summed E-state index contributed by atoms with van der Waals surface area (Å²) in [4.78, 5) is 23.6. The number of primary amides is 1. The van der Waals surface area contributed by atoms with Crippen molar-refractivity contribution >= 4 is 24.4 Å². The lowest BCUT2D eigenvalue weighted by Crippen LogP contribution is -2.42. The number of hydrogen-bond donors (Lipinski definition) is 3. The highest BCUT2D eigenvalue weighted by atomic mass is 32.1. The third-order valence-electron chi connectivity index (χ3n) is 2.47. The van der Waals surface area contributed by atoms with E-state index in [1.165, 1.54) is 0 Å². The van der Waals surface area contributed by atoms with Crippen LogP contribution in [0.2, 0.25) is 0 Å². The molecular weight excluding hydrogens is 236 g/mol. The van der Waals surface area contributed by atoms with E-state index in [0.29, 0.717) is 10.5 Å². The average molecular weight is 252 g/mol. The van der Waals surface area contributed by atoms with Gasteiger partial charge in [0, 0.05) is 17.0 Å². The number of hydrogen-bond acceptors (Lipinski definition) is 3. The third kappa shape index (κ3) is 3.78. The van der Waals surface area contributed by atoms with Gasteiger partial charge in [0.05, 0.1) is 5.41 Å². The minimum Gasteiger partial charge on any atom is -0.369 e. The van der Waals surface area contributed by atoms with Crippen LogP contribution in [0.25, 0.3) is 0 Å². The van der Waals surface area contributed by atoms with Crippen molar-refractivity contribution in [2.24, 2.45) is 11.1 Å². The van der Waals surface area contributed by atoms with Gasteiger partial charge >= 0.3 is 0 Å². The van der Waals surface area contributed by atoms with Crippen molar-refractivity contribution < 1.29 is 9.59 Å². The summed E-state index contributed by atoms with van der Waals surface area (Å²) >= 11 is 4.15. The van der Waals surface area contributed by atoms with Crippen molar-refractivity contribution in [2.45, 2.75) is 18.7 Å². The SMILES string of the molecule is CC(C)(CNC(=O)c1cccc(S)c1)C(N)=O. The zero-order valence-electron chi connectivity index (χ0n) is 9.86. The molecule has 0 saturated carbocycles. The molecule has 17 heavy (non-hydrogen) atoms. The minimum atomic E-state index is -0.756. The second-order valence-electron chi connectivity index (χ2n) is 4.48. The molecule has 0 aromatic heterocycles. The molecule has 1 rings (SSSR count). The summed E-state index contributed by atoms with van der Waals surface area (Å²) in [7, 11) is 0. The Kier molecular flexibility index (Phi) is 4.17. The molecule has 0 saturated heterocycles. The van der Waals surface area contributed by atoms with Crippen LogP contribution >= 0.6 is 12.6 Å². The minimum absolute atomic E-state index is 0.206. The van der Waals surface area contributed by atoms with Crippen LogP contribution in [0.1, 0.15) is 24.2 Å². The number of thiol groups is 1. The quantitative estimate of drug-likeness (QED) is 0.705. The van der Waals surface area contributed by atoms with Gasteiger partial charge in [0.25, 0.3) is 5.91 Å². The molecule has 1 aromatic rings. The van der Waals surface area contributed by atoms with E-state index in [4.69, 9.17) is 5.73 Å². The van der Waals surface area contributed by atoms with Gasteiger partial charge in [0.1, 0.15) is 0 Å². The first-order chi connectivity index (χ1) is 7.83. The van der Waals surface area contributed by atoms with E-state index in [-0.39, 0.29) is 12.5 Å². The van der Waals surface area contributed by atoms with E-state index < -0.39 is 11.3 Å². The molecule has 92 valence electrons. The molecule has 4 nitrogen and oxygen atoms in total. The summed E-state index contributed by atoms with van der Waals surface area (Å²) < 4.78 is 0. The maximum Gasteiger partial charge on any atom is 0.251 e. The Bertz CT molecular complexity index is 444. The number of nitrogens with two attached hydrogens (primary N) is 1. The molecule has 0 fully saturated rings. The summed E-state index contributed by atoms with van der Waals surface area (Å²) in [6.07, 6.45) is 0. The zero-order chi connectivity index (χ0) is 13.1. The summed E-state index contributed by atoms with van der Waals surface area (Å²) in [6, 6.07) is 6.88. The van der Waals surface area contributed by atoms with Crippen LogP contribution in [0.5, 0.6) is 0 Å². The molecule has 0 unspecified atom stereocenters. The van der Waals surface area contributed by atoms with Gasteiger partial charge in [0.15, 0.2) is 0 Å². The predicted octanol–water partition coefficient (Wildman–Crippen LogP) is 1.22. The summed E-state index contributed by atoms with van der Waals surface area (Å²) in [6.45, 7) is 3.58. The lowest BCUT2D eigenvalue weighted by atomic mass is 9.92. The first-order valence-corrected chi connectivity index (χ1v) is 5.65. The third-order valence-corrected chi connectivity index (χ3v) is 2.74. The predicted molar refractivity (Wildman–Crippen MR) is 69.0 cm³/mol. The lowest BCUT2D eigenvalue weighted by molar-refractivity contribution is -0.125. The highest BCUT2D eigenvalue weighted by Crippen LogP contribution is 2.13. The van der Waals surface area contributed by atoms with Crippen molar-refractivity contribution in [2.75, 3.05) is 6.54 Å². The first-order valence-electron chi connectivity index (χ1n) is 5.20. The van der Waals surface area contributed by atoms with E-state index in [0.717, 1.165) is 0 Å². The van der Waals surface area contributed by atoms with E-state index in [1.54, 1.807) is 38.1 Å². The second-order valence-corrected chi connectivity index (χ2v) is 5.00.